The lowest BCUT2D eigenvalue weighted by atomic mass is 10.2. The summed E-state index contributed by atoms with van der Waals surface area (Å²) in [6.45, 7) is 8.74. The van der Waals surface area contributed by atoms with Gasteiger partial charge in [-0.15, -0.1) is 0 Å². The molecule has 1 amide bonds. The number of piperazine rings is 1. The van der Waals surface area contributed by atoms with E-state index in [1.165, 1.54) is 11.9 Å². The number of pyridine rings is 1. The van der Waals surface area contributed by atoms with Crippen molar-refractivity contribution in [1.82, 2.24) is 9.88 Å². The van der Waals surface area contributed by atoms with Crippen LogP contribution in [0.1, 0.15) is 24.2 Å². The second-order valence-electron chi connectivity index (χ2n) is 6.59. The molecule has 132 valence electrons. The van der Waals surface area contributed by atoms with Crippen LogP contribution in [-0.4, -0.2) is 48.0 Å². The van der Waals surface area contributed by atoms with E-state index in [1.54, 1.807) is 12.1 Å². The Morgan fingerprint density at radius 2 is 1.92 bits per heavy atom. The summed E-state index contributed by atoms with van der Waals surface area (Å²) in [7, 11) is 0. The number of nitrogens with zero attached hydrogens (tertiary/aromatic N) is 3. The van der Waals surface area contributed by atoms with E-state index < -0.39 is 5.91 Å². The highest BCUT2D eigenvalue weighted by molar-refractivity contribution is 5.92. The maximum Gasteiger partial charge on any atom is 0.250 e. The average Bonchev–Trinajstić information content (AvgIpc) is 2.62. The minimum Gasteiger partial charge on any atom is -0.369 e. The lowest BCUT2D eigenvalue weighted by Crippen LogP contribution is -2.48. The number of aromatic nitrogens is 1. The second-order valence-corrected chi connectivity index (χ2v) is 6.59. The number of nitrogens with one attached hydrogen (secondary N) is 1. The zero-order valence-corrected chi connectivity index (χ0v) is 14.8. The fourth-order valence-corrected chi connectivity index (χ4v) is 3.04. The molecule has 0 bridgehead atoms. The Balaban J connectivity index is 1.66. The Kier molecular flexibility index (Phi) is 5.19. The number of amides is 1. The molecule has 3 rings (SSSR count). The zero-order valence-electron chi connectivity index (χ0n) is 14.8. The molecule has 3 N–H and O–H groups in total. The molecule has 1 aromatic carbocycles. The molecule has 0 saturated carbocycles. The SMILES string of the molecule is CC(C)N1CCN(c2cccc(Nc3ccc(C(N)=O)cn3)c2)CC1. The van der Waals surface area contributed by atoms with Gasteiger partial charge in [0, 0.05) is 49.8 Å². The van der Waals surface area contributed by atoms with Crippen molar-refractivity contribution < 1.29 is 4.79 Å². The molecular weight excluding hydrogens is 314 g/mol. The minimum absolute atomic E-state index is 0.405. The molecule has 2 heterocycles. The van der Waals surface area contributed by atoms with E-state index in [2.05, 4.69) is 46.1 Å². The minimum atomic E-state index is -0.471. The van der Waals surface area contributed by atoms with Gasteiger partial charge in [0.05, 0.1) is 5.56 Å². The van der Waals surface area contributed by atoms with Crippen LogP contribution in [0.5, 0.6) is 0 Å². The molecule has 0 atom stereocenters. The van der Waals surface area contributed by atoms with Crippen molar-refractivity contribution >= 4 is 23.1 Å². The molecule has 0 aliphatic carbocycles. The van der Waals surface area contributed by atoms with Crippen LogP contribution in [0.3, 0.4) is 0 Å². The number of hydrogen-bond acceptors (Lipinski definition) is 5. The van der Waals surface area contributed by atoms with Gasteiger partial charge in [0.15, 0.2) is 0 Å². The fraction of sp³-hybridized carbons (Fsp3) is 0.368. The van der Waals surface area contributed by atoms with Gasteiger partial charge >= 0.3 is 0 Å². The molecule has 1 saturated heterocycles. The van der Waals surface area contributed by atoms with Gasteiger partial charge in [-0.1, -0.05) is 6.07 Å². The van der Waals surface area contributed by atoms with Crippen molar-refractivity contribution in [2.75, 3.05) is 36.4 Å². The lowest BCUT2D eigenvalue weighted by Gasteiger charge is -2.38. The third kappa shape index (κ3) is 4.28. The summed E-state index contributed by atoms with van der Waals surface area (Å²) < 4.78 is 0. The van der Waals surface area contributed by atoms with E-state index >= 15 is 0 Å². The summed E-state index contributed by atoms with van der Waals surface area (Å²) >= 11 is 0. The second kappa shape index (κ2) is 7.53. The third-order valence-corrected chi connectivity index (χ3v) is 4.58. The first-order valence-electron chi connectivity index (χ1n) is 8.65. The normalized spacial score (nSPS) is 15.4. The zero-order chi connectivity index (χ0) is 17.8. The van der Waals surface area contributed by atoms with Crippen LogP contribution in [0.25, 0.3) is 0 Å². The standard InChI is InChI=1S/C19H25N5O/c1-14(2)23-8-10-24(11-9-23)17-5-3-4-16(12-17)22-18-7-6-15(13-21-18)19(20)25/h3-7,12-14H,8-11H2,1-2H3,(H2,20,25)(H,21,22). The highest BCUT2D eigenvalue weighted by atomic mass is 16.1. The highest BCUT2D eigenvalue weighted by Crippen LogP contribution is 2.23. The predicted molar refractivity (Wildman–Crippen MR) is 101 cm³/mol. The largest absolute Gasteiger partial charge is 0.369 e. The van der Waals surface area contributed by atoms with E-state index in [0.717, 1.165) is 31.9 Å². The maximum atomic E-state index is 11.1. The van der Waals surface area contributed by atoms with Gasteiger partial charge in [0.1, 0.15) is 5.82 Å². The molecule has 6 heteroatoms. The Bertz CT molecular complexity index is 721. The first-order valence-corrected chi connectivity index (χ1v) is 8.65. The summed E-state index contributed by atoms with van der Waals surface area (Å²) in [4.78, 5) is 20.3. The van der Waals surface area contributed by atoms with Crippen LogP contribution < -0.4 is 16.0 Å². The summed E-state index contributed by atoms with van der Waals surface area (Å²) in [5, 5.41) is 3.28. The molecule has 1 fully saturated rings. The van der Waals surface area contributed by atoms with Crippen LogP contribution in [0.15, 0.2) is 42.6 Å². The van der Waals surface area contributed by atoms with Gasteiger partial charge < -0.3 is 16.0 Å². The van der Waals surface area contributed by atoms with Gasteiger partial charge in [-0.2, -0.15) is 0 Å². The Labute approximate surface area is 148 Å². The first-order chi connectivity index (χ1) is 12.0. The van der Waals surface area contributed by atoms with Crippen LogP contribution in [-0.2, 0) is 0 Å². The van der Waals surface area contributed by atoms with Gasteiger partial charge in [-0.05, 0) is 44.2 Å². The Hall–Kier alpha value is -2.60. The summed E-state index contributed by atoms with van der Waals surface area (Å²) in [6.07, 6.45) is 1.49. The molecule has 1 aliphatic rings. The molecule has 0 radical (unpaired) electrons. The topological polar surface area (TPSA) is 74.5 Å². The van der Waals surface area contributed by atoms with Gasteiger partial charge in [0.25, 0.3) is 0 Å². The molecule has 2 aromatic rings. The van der Waals surface area contributed by atoms with Crippen LogP contribution >= 0.6 is 0 Å². The molecular formula is C19H25N5O. The van der Waals surface area contributed by atoms with Crippen molar-refractivity contribution in [2.24, 2.45) is 5.73 Å². The van der Waals surface area contributed by atoms with E-state index in [1.807, 2.05) is 12.1 Å². The average molecular weight is 339 g/mol. The first kappa shape index (κ1) is 17.2. The van der Waals surface area contributed by atoms with E-state index in [-0.39, 0.29) is 0 Å². The van der Waals surface area contributed by atoms with Gasteiger partial charge in [0.2, 0.25) is 5.91 Å². The van der Waals surface area contributed by atoms with Crippen molar-refractivity contribution in [3.8, 4) is 0 Å². The van der Waals surface area contributed by atoms with Crippen LogP contribution in [0, 0.1) is 0 Å². The van der Waals surface area contributed by atoms with Gasteiger partial charge in [-0.25, -0.2) is 4.98 Å². The Morgan fingerprint density at radius 1 is 1.16 bits per heavy atom. The number of nitrogens with two attached hydrogens (primary N) is 1. The molecule has 25 heavy (non-hydrogen) atoms. The van der Waals surface area contributed by atoms with Crippen molar-refractivity contribution in [2.45, 2.75) is 19.9 Å². The number of rotatable bonds is 5. The number of carbonyl (C=O) groups excluding carboxylic acids is 1. The number of hydrogen-bond donors (Lipinski definition) is 2. The van der Waals surface area contributed by atoms with Crippen LogP contribution in [0.2, 0.25) is 0 Å². The van der Waals surface area contributed by atoms with Crippen molar-refractivity contribution in [3.05, 3.63) is 48.2 Å². The number of benzene rings is 1. The Morgan fingerprint density at radius 3 is 2.52 bits per heavy atom. The number of anilines is 3. The number of carbonyl (C=O) groups is 1. The third-order valence-electron chi connectivity index (χ3n) is 4.58. The molecule has 6 nitrogen and oxygen atoms in total. The van der Waals surface area contributed by atoms with Crippen molar-refractivity contribution in [1.29, 1.82) is 0 Å². The lowest BCUT2D eigenvalue weighted by molar-refractivity contribution is 0.1000. The predicted octanol–water partition coefficient (Wildman–Crippen LogP) is 2.45. The quantitative estimate of drug-likeness (QED) is 0.875. The summed E-state index contributed by atoms with van der Waals surface area (Å²) in [5.74, 6) is 0.216. The molecule has 1 aromatic heterocycles. The van der Waals surface area contributed by atoms with E-state index in [9.17, 15) is 4.79 Å². The maximum absolute atomic E-state index is 11.1. The fourth-order valence-electron chi connectivity index (χ4n) is 3.04. The number of primary amides is 1. The smallest absolute Gasteiger partial charge is 0.250 e. The molecule has 0 unspecified atom stereocenters. The van der Waals surface area contributed by atoms with Gasteiger partial charge in [-0.3, -0.25) is 9.69 Å². The summed E-state index contributed by atoms with van der Waals surface area (Å²) in [6, 6.07) is 12.4. The van der Waals surface area contributed by atoms with E-state index in [4.69, 9.17) is 5.73 Å². The monoisotopic (exact) mass is 339 g/mol. The van der Waals surface area contributed by atoms with E-state index in [0.29, 0.717) is 17.4 Å². The molecule has 1 aliphatic heterocycles. The van der Waals surface area contributed by atoms with Crippen LogP contribution in [0.4, 0.5) is 17.2 Å². The highest BCUT2D eigenvalue weighted by Gasteiger charge is 2.19. The summed E-state index contributed by atoms with van der Waals surface area (Å²) in [5.41, 5.74) is 7.83. The van der Waals surface area contributed by atoms with Crippen molar-refractivity contribution in [3.63, 3.8) is 0 Å². The molecule has 0 spiro atoms.